The van der Waals surface area contributed by atoms with Crippen LogP contribution in [-0.4, -0.2) is 40.4 Å². The Morgan fingerprint density at radius 3 is 2.44 bits per heavy atom. The van der Waals surface area contributed by atoms with E-state index in [4.69, 9.17) is 4.74 Å². The van der Waals surface area contributed by atoms with Crippen molar-refractivity contribution in [2.24, 2.45) is 45.3 Å². The number of aliphatic hydroxyl groups is 2. The molecule has 1 heterocycles. The smallest absolute Gasteiger partial charge is 0.161 e. The number of carbonyl (C=O) groups is 1. The first-order valence-electron chi connectivity index (χ1n) is 13.6. The minimum absolute atomic E-state index is 0.0357. The Hall–Kier alpha value is -0.970. The third-order valence-electron chi connectivity index (χ3n) is 11.8. The molecule has 9 atom stereocenters. The van der Waals surface area contributed by atoms with Crippen LogP contribution in [0.4, 0.5) is 0 Å². The Labute approximate surface area is 206 Å². The predicted octanol–water partition coefficient (Wildman–Crippen LogP) is 5.47. The van der Waals surface area contributed by atoms with Crippen molar-refractivity contribution in [3.63, 3.8) is 0 Å². The topological polar surface area (TPSA) is 66.8 Å². The molecule has 0 aromatic carbocycles. The van der Waals surface area contributed by atoms with Gasteiger partial charge in [0.05, 0.1) is 18.3 Å². The molecule has 5 rings (SSSR count). The predicted molar refractivity (Wildman–Crippen MR) is 134 cm³/mol. The Morgan fingerprint density at radius 2 is 1.79 bits per heavy atom. The van der Waals surface area contributed by atoms with Crippen LogP contribution in [0.3, 0.4) is 0 Å². The van der Waals surface area contributed by atoms with E-state index in [0.29, 0.717) is 36.7 Å². The molecule has 2 saturated carbocycles. The minimum atomic E-state index is -1.03. The molecule has 1 aliphatic heterocycles. The lowest BCUT2D eigenvalue weighted by molar-refractivity contribution is -0.187. The zero-order valence-electron chi connectivity index (χ0n) is 22.4. The van der Waals surface area contributed by atoms with Gasteiger partial charge in [-0.3, -0.25) is 4.79 Å². The van der Waals surface area contributed by atoms with Crippen molar-refractivity contribution in [2.45, 2.75) is 105 Å². The van der Waals surface area contributed by atoms with E-state index in [1.807, 2.05) is 6.08 Å². The number of rotatable bonds is 2. The number of hydrogen-bond acceptors (Lipinski definition) is 4. The molecule has 0 amide bonds. The molecule has 0 bridgehead atoms. The highest BCUT2D eigenvalue weighted by molar-refractivity contribution is 5.95. The largest absolute Gasteiger partial charge is 0.390 e. The monoisotopic (exact) mass is 470 g/mol. The summed E-state index contributed by atoms with van der Waals surface area (Å²) in [5, 5.41) is 21.3. The van der Waals surface area contributed by atoms with Crippen LogP contribution >= 0.6 is 0 Å². The van der Waals surface area contributed by atoms with Gasteiger partial charge in [0.1, 0.15) is 6.10 Å². The van der Waals surface area contributed by atoms with Crippen molar-refractivity contribution in [2.75, 3.05) is 6.61 Å². The molecule has 3 fully saturated rings. The molecular formula is C30H46O4. The van der Waals surface area contributed by atoms with Gasteiger partial charge < -0.3 is 14.9 Å². The van der Waals surface area contributed by atoms with E-state index >= 15 is 0 Å². The number of fused-ring (bicyclic) bond motifs is 5. The average molecular weight is 471 g/mol. The zero-order valence-corrected chi connectivity index (χ0v) is 22.4. The SMILES string of the molecule is CC(C)(O)[C@H]1OC[C@H]([C@@H]2CC[C@]3(C)C4=CC[C@H]5C(C)(C)C(=O)C=C[C@]5(C)[C@H]4CC[C@@]23C)C[C@H]1O. The molecule has 190 valence electrons. The van der Waals surface area contributed by atoms with Crippen LogP contribution < -0.4 is 0 Å². The third-order valence-corrected chi connectivity index (χ3v) is 11.8. The van der Waals surface area contributed by atoms with Gasteiger partial charge in [0.2, 0.25) is 0 Å². The van der Waals surface area contributed by atoms with Gasteiger partial charge in [-0.1, -0.05) is 52.3 Å². The summed E-state index contributed by atoms with van der Waals surface area (Å²) >= 11 is 0. The molecule has 2 N–H and O–H groups in total. The van der Waals surface area contributed by atoms with Crippen LogP contribution in [-0.2, 0) is 9.53 Å². The molecule has 0 aromatic rings. The second-order valence-electron chi connectivity index (χ2n) is 14.2. The lowest BCUT2D eigenvalue weighted by Gasteiger charge is -2.62. The van der Waals surface area contributed by atoms with E-state index in [1.54, 1.807) is 19.4 Å². The summed E-state index contributed by atoms with van der Waals surface area (Å²) in [4.78, 5) is 12.7. The van der Waals surface area contributed by atoms with Crippen molar-refractivity contribution >= 4 is 5.78 Å². The van der Waals surface area contributed by atoms with Crippen LogP contribution in [0.5, 0.6) is 0 Å². The van der Waals surface area contributed by atoms with Gasteiger partial charge in [-0.2, -0.15) is 0 Å². The molecule has 4 heteroatoms. The number of ketones is 1. The fourth-order valence-corrected chi connectivity index (χ4v) is 9.63. The molecule has 5 aliphatic rings. The maximum Gasteiger partial charge on any atom is 0.161 e. The Bertz CT molecular complexity index is 925. The first kappa shape index (κ1) is 24.7. The first-order chi connectivity index (χ1) is 15.7. The quantitative estimate of drug-likeness (QED) is 0.525. The summed E-state index contributed by atoms with van der Waals surface area (Å²) in [6.07, 6.45) is 12.0. The molecular weight excluding hydrogens is 424 g/mol. The summed E-state index contributed by atoms with van der Waals surface area (Å²) in [6, 6.07) is 0. The molecule has 1 saturated heterocycles. The number of carbonyl (C=O) groups excluding carboxylic acids is 1. The van der Waals surface area contributed by atoms with Crippen molar-refractivity contribution in [3.8, 4) is 0 Å². The van der Waals surface area contributed by atoms with Gasteiger partial charge in [-0.15, -0.1) is 0 Å². The van der Waals surface area contributed by atoms with E-state index in [0.717, 1.165) is 6.42 Å². The Kier molecular flexibility index (Phi) is 5.47. The van der Waals surface area contributed by atoms with Gasteiger partial charge in [0.25, 0.3) is 0 Å². The van der Waals surface area contributed by atoms with Crippen molar-refractivity contribution in [1.82, 2.24) is 0 Å². The molecule has 4 nitrogen and oxygen atoms in total. The lowest BCUT2D eigenvalue weighted by Crippen LogP contribution is -2.57. The number of ether oxygens (including phenoxy) is 1. The van der Waals surface area contributed by atoms with E-state index in [-0.39, 0.29) is 27.4 Å². The normalized spacial score (nSPS) is 50.3. The second kappa shape index (κ2) is 7.52. The van der Waals surface area contributed by atoms with Crippen molar-refractivity contribution < 1.29 is 19.7 Å². The third kappa shape index (κ3) is 3.16. The maximum absolute atomic E-state index is 12.7. The second-order valence-corrected chi connectivity index (χ2v) is 14.2. The maximum atomic E-state index is 12.7. The molecule has 0 aromatic heterocycles. The molecule has 34 heavy (non-hydrogen) atoms. The minimum Gasteiger partial charge on any atom is -0.390 e. The summed E-state index contributed by atoms with van der Waals surface area (Å²) in [5.41, 5.74) is 0.664. The van der Waals surface area contributed by atoms with Gasteiger partial charge >= 0.3 is 0 Å². The highest BCUT2D eigenvalue weighted by Crippen LogP contribution is 2.72. The Balaban J connectivity index is 1.44. The van der Waals surface area contributed by atoms with Gasteiger partial charge in [-0.05, 0) is 98.4 Å². The van der Waals surface area contributed by atoms with E-state index < -0.39 is 17.8 Å². The molecule has 0 radical (unpaired) electrons. The van der Waals surface area contributed by atoms with Crippen LogP contribution in [0.25, 0.3) is 0 Å². The Morgan fingerprint density at radius 1 is 1.09 bits per heavy atom. The number of allylic oxidation sites excluding steroid dienone is 4. The molecule has 4 aliphatic carbocycles. The van der Waals surface area contributed by atoms with Crippen LogP contribution in [0.2, 0.25) is 0 Å². The average Bonchev–Trinajstić information content (AvgIpc) is 3.02. The number of aliphatic hydroxyl groups excluding tert-OH is 1. The first-order valence-corrected chi connectivity index (χ1v) is 13.6. The van der Waals surface area contributed by atoms with Gasteiger partial charge in [-0.25, -0.2) is 0 Å². The summed E-state index contributed by atoms with van der Waals surface area (Å²) in [6.45, 7) is 15.8. The lowest BCUT2D eigenvalue weighted by atomic mass is 9.42. The molecule has 0 spiro atoms. The van der Waals surface area contributed by atoms with E-state index in [9.17, 15) is 15.0 Å². The summed E-state index contributed by atoms with van der Waals surface area (Å²) < 4.78 is 6.11. The van der Waals surface area contributed by atoms with Crippen molar-refractivity contribution in [3.05, 3.63) is 23.8 Å². The van der Waals surface area contributed by atoms with Crippen LogP contribution in [0.1, 0.15) is 87.0 Å². The summed E-state index contributed by atoms with van der Waals surface area (Å²) in [7, 11) is 0. The summed E-state index contributed by atoms with van der Waals surface area (Å²) in [5.74, 6) is 1.98. The molecule has 0 unspecified atom stereocenters. The van der Waals surface area contributed by atoms with Gasteiger partial charge in [0, 0.05) is 5.41 Å². The highest BCUT2D eigenvalue weighted by atomic mass is 16.5. The zero-order chi connectivity index (χ0) is 24.9. The highest BCUT2D eigenvalue weighted by Gasteiger charge is 2.65. The van der Waals surface area contributed by atoms with Crippen LogP contribution in [0, 0.1) is 45.3 Å². The van der Waals surface area contributed by atoms with Crippen molar-refractivity contribution in [1.29, 1.82) is 0 Å². The fraction of sp³-hybridized carbons (Fsp3) is 0.833. The van der Waals surface area contributed by atoms with Gasteiger partial charge in [0.15, 0.2) is 5.78 Å². The fourth-order valence-electron chi connectivity index (χ4n) is 9.63. The van der Waals surface area contributed by atoms with E-state index in [2.05, 4.69) is 46.8 Å². The number of hydrogen-bond donors (Lipinski definition) is 2. The van der Waals surface area contributed by atoms with E-state index in [1.165, 1.54) is 25.7 Å². The van der Waals surface area contributed by atoms with Crippen LogP contribution in [0.15, 0.2) is 23.8 Å². The standard InChI is InChI=1S/C30H46O4/c1-26(2)23-9-8-21-20(28(23,5)13-12-24(26)32)11-15-29(6)19(10-14-30(21,29)7)18-16-22(31)25(34-17-18)27(3,4)33/h8,12-13,18-20,22-23,25,31,33H,9-11,14-17H2,1-7H3/t18-,19+,20+,22-,23+,25+,28-,29+,30-/m1/s1.